The number of para-hydroxylation sites is 1. The molecule has 0 radical (unpaired) electrons. The third kappa shape index (κ3) is 3.19. The first kappa shape index (κ1) is 16.3. The van der Waals surface area contributed by atoms with Gasteiger partial charge in [-0.2, -0.15) is 0 Å². The summed E-state index contributed by atoms with van der Waals surface area (Å²) < 4.78 is 11.5. The summed E-state index contributed by atoms with van der Waals surface area (Å²) in [6.45, 7) is 4.23. The topological polar surface area (TPSA) is 67.6 Å². The number of anilines is 1. The van der Waals surface area contributed by atoms with Crippen molar-refractivity contribution in [3.8, 4) is 0 Å². The molecular formula is C19H23N3O3. The molecule has 0 bridgehead atoms. The predicted molar refractivity (Wildman–Crippen MR) is 93.7 cm³/mol. The van der Waals surface area contributed by atoms with Crippen molar-refractivity contribution in [1.29, 1.82) is 0 Å². The largest absolute Gasteiger partial charge is 0.448 e. The second-order valence-electron chi connectivity index (χ2n) is 6.86. The third-order valence-corrected chi connectivity index (χ3v) is 5.16. The molecule has 0 aliphatic carbocycles. The van der Waals surface area contributed by atoms with Crippen molar-refractivity contribution in [2.75, 3.05) is 24.6 Å². The fraction of sp³-hybridized carbons (Fsp3) is 0.474. The highest BCUT2D eigenvalue weighted by molar-refractivity contribution is 6.05. The molecule has 132 valence electrons. The number of carbonyl (C=O) groups excluding carboxylic acids is 1. The first-order valence-electron chi connectivity index (χ1n) is 8.82. The van der Waals surface area contributed by atoms with E-state index in [1.54, 1.807) is 6.92 Å². The van der Waals surface area contributed by atoms with Gasteiger partial charge in [-0.3, -0.25) is 4.79 Å². The monoisotopic (exact) mass is 341 g/mol. The molecule has 1 amide bonds. The average Bonchev–Trinajstić information content (AvgIpc) is 3.24. The van der Waals surface area contributed by atoms with Crippen molar-refractivity contribution in [3.63, 3.8) is 0 Å². The van der Waals surface area contributed by atoms with Gasteiger partial charge in [-0.1, -0.05) is 18.2 Å². The van der Waals surface area contributed by atoms with Crippen LogP contribution >= 0.6 is 0 Å². The minimum absolute atomic E-state index is 0.00464. The van der Waals surface area contributed by atoms with E-state index in [2.05, 4.69) is 10.3 Å². The number of benzene rings is 1. The molecule has 3 heterocycles. The SMILES string of the molecule is Cc1nc(C(=O)N(c2ccccc2)[C@H]2COC3(CCNCC3)C2)co1. The summed E-state index contributed by atoms with van der Waals surface area (Å²) in [5.41, 5.74) is 1.10. The van der Waals surface area contributed by atoms with Gasteiger partial charge in [-0.25, -0.2) is 4.98 Å². The molecule has 25 heavy (non-hydrogen) atoms. The molecule has 2 saturated heterocycles. The van der Waals surface area contributed by atoms with Gasteiger partial charge in [0.05, 0.1) is 18.2 Å². The first-order chi connectivity index (χ1) is 12.2. The van der Waals surface area contributed by atoms with Gasteiger partial charge in [0.25, 0.3) is 5.91 Å². The van der Waals surface area contributed by atoms with Crippen molar-refractivity contribution in [2.45, 2.75) is 37.8 Å². The van der Waals surface area contributed by atoms with Crippen LogP contribution in [0.15, 0.2) is 41.0 Å². The van der Waals surface area contributed by atoms with E-state index in [1.807, 2.05) is 35.2 Å². The smallest absolute Gasteiger partial charge is 0.280 e. The van der Waals surface area contributed by atoms with E-state index in [4.69, 9.17) is 9.15 Å². The van der Waals surface area contributed by atoms with Gasteiger partial charge in [-0.05, 0) is 44.5 Å². The fourth-order valence-corrected chi connectivity index (χ4v) is 3.88. The highest BCUT2D eigenvalue weighted by Crippen LogP contribution is 2.37. The maximum atomic E-state index is 13.2. The van der Waals surface area contributed by atoms with Crippen molar-refractivity contribution >= 4 is 11.6 Å². The summed E-state index contributed by atoms with van der Waals surface area (Å²) >= 11 is 0. The maximum Gasteiger partial charge on any atom is 0.280 e. The molecule has 6 nitrogen and oxygen atoms in total. The number of carbonyl (C=O) groups is 1. The van der Waals surface area contributed by atoms with E-state index in [-0.39, 0.29) is 17.6 Å². The van der Waals surface area contributed by atoms with Crippen LogP contribution in [0.5, 0.6) is 0 Å². The second-order valence-corrected chi connectivity index (χ2v) is 6.86. The summed E-state index contributed by atoms with van der Waals surface area (Å²) in [5.74, 6) is 0.358. The Kier molecular flexibility index (Phi) is 4.31. The quantitative estimate of drug-likeness (QED) is 0.929. The Hall–Kier alpha value is -2.18. The van der Waals surface area contributed by atoms with Crippen molar-refractivity contribution in [1.82, 2.24) is 10.3 Å². The standard InChI is InChI=1S/C19H23N3O3/c1-14-21-17(13-24-14)18(23)22(15-5-3-2-4-6-15)16-11-19(25-12-16)7-9-20-10-8-19/h2-6,13,16,20H,7-12H2,1H3/t16-/m1/s1. The Morgan fingerprint density at radius 1 is 1.28 bits per heavy atom. The number of nitrogens with zero attached hydrogens (tertiary/aromatic N) is 2. The van der Waals surface area contributed by atoms with Gasteiger partial charge in [0.2, 0.25) is 0 Å². The lowest BCUT2D eigenvalue weighted by Crippen LogP contribution is -2.44. The van der Waals surface area contributed by atoms with Gasteiger partial charge in [0.1, 0.15) is 6.26 Å². The molecule has 2 aliphatic rings. The number of hydrogen-bond donors (Lipinski definition) is 1. The van der Waals surface area contributed by atoms with Crippen LogP contribution in [0.1, 0.15) is 35.6 Å². The zero-order chi connectivity index (χ0) is 17.3. The minimum atomic E-state index is -0.136. The van der Waals surface area contributed by atoms with E-state index < -0.39 is 0 Å². The highest BCUT2D eigenvalue weighted by Gasteiger charge is 2.45. The minimum Gasteiger partial charge on any atom is -0.448 e. The number of rotatable bonds is 3. The number of oxazole rings is 1. The molecule has 2 fully saturated rings. The molecule has 1 atom stereocenters. The molecule has 0 unspecified atom stereocenters. The molecule has 2 aromatic rings. The number of amides is 1. The van der Waals surface area contributed by atoms with Crippen LogP contribution in [-0.4, -0.2) is 42.2 Å². The molecule has 1 spiro atoms. The van der Waals surface area contributed by atoms with Crippen molar-refractivity contribution < 1.29 is 13.9 Å². The Labute approximate surface area is 147 Å². The molecule has 1 aromatic heterocycles. The van der Waals surface area contributed by atoms with Gasteiger partial charge >= 0.3 is 0 Å². The molecule has 0 saturated carbocycles. The normalized spacial score (nSPS) is 22.2. The van der Waals surface area contributed by atoms with Gasteiger partial charge < -0.3 is 19.4 Å². The average molecular weight is 341 g/mol. The molecule has 2 aliphatic heterocycles. The maximum absolute atomic E-state index is 13.2. The summed E-state index contributed by atoms with van der Waals surface area (Å²) in [5, 5.41) is 3.38. The molecule has 4 rings (SSSR count). The van der Waals surface area contributed by atoms with Crippen LogP contribution in [0, 0.1) is 6.92 Å². The van der Waals surface area contributed by atoms with Crippen LogP contribution in [0.3, 0.4) is 0 Å². The lowest BCUT2D eigenvalue weighted by atomic mass is 9.88. The van der Waals surface area contributed by atoms with Crippen molar-refractivity contribution in [3.05, 3.63) is 48.2 Å². The number of piperidine rings is 1. The van der Waals surface area contributed by atoms with E-state index in [1.165, 1.54) is 6.26 Å². The Bertz CT molecular complexity index is 737. The predicted octanol–water partition coefficient (Wildman–Crippen LogP) is 2.54. The molecular weight excluding hydrogens is 318 g/mol. The lowest BCUT2D eigenvalue weighted by molar-refractivity contribution is -0.0193. The molecule has 6 heteroatoms. The number of nitrogens with one attached hydrogen (secondary N) is 1. The number of hydrogen-bond acceptors (Lipinski definition) is 5. The Morgan fingerprint density at radius 3 is 2.72 bits per heavy atom. The summed E-state index contributed by atoms with van der Waals surface area (Å²) in [7, 11) is 0. The van der Waals surface area contributed by atoms with E-state index in [9.17, 15) is 4.79 Å². The number of ether oxygens (including phenoxy) is 1. The zero-order valence-electron chi connectivity index (χ0n) is 14.4. The molecule has 1 aromatic carbocycles. The van der Waals surface area contributed by atoms with Gasteiger partial charge in [-0.15, -0.1) is 0 Å². The number of aryl methyl sites for hydroxylation is 1. The Balaban J connectivity index is 1.63. The zero-order valence-corrected chi connectivity index (χ0v) is 14.4. The Morgan fingerprint density at radius 2 is 2.04 bits per heavy atom. The van der Waals surface area contributed by atoms with Crippen LogP contribution in [-0.2, 0) is 4.74 Å². The number of aromatic nitrogens is 1. The lowest BCUT2D eigenvalue weighted by Gasteiger charge is -2.34. The third-order valence-electron chi connectivity index (χ3n) is 5.16. The second kappa shape index (κ2) is 6.61. The summed E-state index contributed by atoms with van der Waals surface area (Å²) in [6, 6.07) is 9.76. The van der Waals surface area contributed by atoms with E-state index >= 15 is 0 Å². The van der Waals surface area contributed by atoms with Crippen molar-refractivity contribution in [2.24, 2.45) is 0 Å². The van der Waals surface area contributed by atoms with Gasteiger partial charge in [0, 0.05) is 12.6 Å². The first-order valence-corrected chi connectivity index (χ1v) is 8.82. The van der Waals surface area contributed by atoms with E-state index in [0.717, 1.165) is 38.0 Å². The fourth-order valence-electron chi connectivity index (χ4n) is 3.88. The van der Waals surface area contributed by atoms with Crippen LogP contribution < -0.4 is 10.2 Å². The van der Waals surface area contributed by atoms with Crippen LogP contribution in [0.25, 0.3) is 0 Å². The highest BCUT2D eigenvalue weighted by atomic mass is 16.5. The van der Waals surface area contributed by atoms with Gasteiger partial charge in [0.15, 0.2) is 11.6 Å². The molecule has 1 N–H and O–H groups in total. The van der Waals surface area contributed by atoms with E-state index in [0.29, 0.717) is 18.2 Å². The van der Waals surface area contributed by atoms with Crippen LogP contribution in [0.4, 0.5) is 5.69 Å². The van der Waals surface area contributed by atoms with Crippen LogP contribution in [0.2, 0.25) is 0 Å². The summed E-state index contributed by atoms with van der Waals surface area (Å²) in [6.07, 6.45) is 4.27. The summed E-state index contributed by atoms with van der Waals surface area (Å²) in [4.78, 5) is 19.2.